The molecule has 0 radical (unpaired) electrons. The normalized spacial score (nSPS) is 11.3. The Bertz CT molecular complexity index is 687. The predicted molar refractivity (Wildman–Crippen MR) is 71.5 cm³/mol. The Morgan fingerprint density at radius 3 is 1.59 bits per heavy atom. The first-order chi connectivity index (χ1) is 8.09. The van der Waals surface area contributed by atoms with Gasteiger partial charge in [-0.2, -0.15) is 0 Å². The highest BCUT2D eigenvalue weighted by atomic mass is 32.1. The minimum absolute atomic E-state index is 0.0277. The van der Waals surface area contributed by atoms with Crippen LogP contribution in [0, 0.1) is 0 Å². The topological polar surface area (TPSA) is 92.5 Å². The molecule has 0 aliphatic carbocycles. The number of aromatic hydroxyl groups is 2. The number of fused-ring (bicyclic) bond motifs is 3. The summed E-state index contributed by atoms with van der Waals surface area (Å²) < 4.78 is 1.88. The second-order valence-corrected chi connectivity index (χ2v) is 4.93. The quantitative estimate of drug-likeness (QED) is 0.362. The van der Waals surface area contributed by atoms with Crippen molar-refractivity contribution in [3.05, 3.63) is 24.3 Å². The molecule has 6 N–H and O–H groups in total. The molecule has 17 heavy (non-hydrogen) atoms. The van der Waals surface area contributed by atoms with Crippen LogP contribution in [0.15, 0.2) is 24.3 Å². The van der Waals surface area contributed by atoms with Gasteiger partial charge < -0.3 is 21.7 Å². The van der Waals surface area contributed by atoms with Gasteiger partial charge in [0, 0.05) is 20.2 Å². The van der Waals surface area contributed by atoms with E-state index in [1.165, 1.54) is 11.3 Å². The molecule has 0 bridgehead atoms. The highest BCUT2D eigenvalue weighted by Crippen LogP contribution is 2.45. The van der Waals surface area contributed by atoms with E-state index in [-0.39, 0.29) is 11.5 Å². The Kier molecular flexibility index (Phi) is 1.88. The van der Waals surface area contributed by atoms with E-state index in [4.69, 9.17) is 11.5 Å². The molecule has 0 unspecified atom stereocenters. The van der Waals surface area contributed by atoms with Crippen molar-refractivity contribution < 1.29 is 10.2 Å². The highest BCUT2D eigenvalue weighted by molar-refractivity contribution is 7.26. The number of nitrogen functional groups attached to an aromatic ring is 2. The Labute approximate surface area is 101 Å². The van der Waals surface area contributed by atoms with Crippen molar-refractivity contribution in [2.45, 2.75) is 0 Å². The van der Waals surface area contributed by atoms with E-state index < -0.39 is 0 Å². The fourth-order valence-electron chi connectivity index (χ4n) is 1.98. The lowest BCUT2D eigenvalue weighted by atomic mass is 10.1. The molecule has 0 spiro atoms. The lowest BCUT2D eigenvalue weighted by Crippen LogP contribution is -1.89. The zero-order valence-corrected chi connectivity index (χ0v) is 9.58. The van der Waals surface area contributed by atoms with Crippen molar-refractivity contribution in [1.29, 1.82) is 0 Å². The molecule has 4 nitrogen and oxygen atoms in total. The Morgan fingerprint density at radius 1 is 0.765 bits per heavy atom. The van der Waals surface area contributed by atoms with Gasteiger partial charge in [0.2, 0.25) is 0 Å². The van der Waals surface area contributed by atoms with Crippen LogP contribution in [0.4, 0.5) is 11.4 Å². The van der Waals surface area contributed by atoms with E-state index in [0.717, 1.165) is 9.40 Å². The standard InChI is InChI=1S/C12H10N2O2S/c13-11-5(15)1-3-7-9(11)10-8(17-7)4-2-6(16)12(10)14/h1-4,15-16H,13-14H2. The number of hydrogen-bond donors (Lipinski definition) is 4. The zero-order valence-electron chi connectivity index (χ0n) is 8.77. The SMILES string of the molecule is Nc1c(O)ccc2sc3ccc(O)c(N)c3c12. The van der Waals surface area contributed by atoms with Crippen LogP contribution in [0.3, 0.4) is 0 Å². The van der Waals surface area contributed by atoms with Crippen LogP contribution in [0.2, 0.25) is 0 Å². The van der Waals surface area contributed by atoms with Gasteiger partial charge in [-0.1, -0.05) is 0 Å². The van der Waals surface area contributed by atoms with Gasteiger partial charge in [0.15, 0.2) is 0 Å². The number of nitrogens with two attached hydrogens (primary N) is 2. The third-order valence-corrected chi connectivity index (χ3v) is 3.96. The average molecular weight is 246 g/mol. The number of anilines is 2. The van der Waals surface area contributed by atoms with E-state index in [1.807, 2.05) is 0 Å². The third-order valence-electron chi connectivity index (χ3n) is 2.84. The molecule has 3 aromatic rings. The number of thiophene rings is 1. The van der Waals surface area contributed by atoms with Gasteiger partial charge in [0.1, 0.15) is 11.5 Å². The molecule has 1 aromatic heterocycles. The van der Waals surface area contributed by atoms with E-state index in [1.54, 1.807) is 24.3 Å². The van der Waals surface area contributed by atoms with E-state index >= 15 is 0 Å². The highest BCUT2D eigenvalue weighted by Gasteiger charge is 2.14. The maximum atomic E-state index is 9.63. The summed E-state index contributed by atoms with van der Waals surface area (Å²) in [6, 6.07) is 6.70. The number of phenols is 2. The minimum atomic E-state index is 0.0277. The smallest absolute Gasteiger partial charge is 0.139 e. The fourth-order valence-corrected chi connectivity index (χ4v) is 3.12. The average Bonchev–Trinajstić information content (AvgIpc) is 2.69. The molecule has 0 aliphatic heterocycles. The van der Waals surface area contributed by atoms with E-state index in [0.29, 0.717) is 22.1 Å². The molecule has 0 fully saturated rings. The van der Waals surface area contributed by atoms with Gasteiger partial charge in [0.05, 0.1) is 11.4 Å². The molecule has 1 heterocycles. The largest absolute Gasteiger partial charge is 0.506 e. The summed E-state index contributed by atoms with van der Waals surface area (Å²) in [5, 5.41) is 20.7. The van der Waals surface area contributed by atoms with Crippen LogP contribution in [0.25, 0.3) is 20.2 Å². The zero-order chi connectivity index (χ0) is 12.2. The number of benzene rings is 2. The maximum absolute atomic E-state index is 9.63. The lowest BCUT2D eigenvalue weighted by molar-refractivity contribution is 0.478. The van der Waals surface area contributed by atoms with Crippen LogP contribution in [-0.4, -0.2) is 10.2 Å². The van der Waals surface area contributed by atoms with Gasteiger partial charge >= 0.3 is 0 Å². The van der Waals surface area contributed by atoms with Crippen molar-refractivity contribution in [3.8, 4) is 11.5 Å². The van der Waals surface area contributed by atoms with Gasteiger partial charge in [-0.15, -0.1) is 11.3 Å². The van der Waals surface area contributed by atoms with Crippen LogP contribution >= 0.6 is 11.3 Å². The molecular formula is C12H10N2O2S. The maximum Gasteiger partial charge on any atom is 0.139 e. The van der Waals surface area contributed by atoms with Crippen LogP contribution < -0.4 is 11.5 Å². The van der Waals surface area contributed by atoms with Crippen LogP contribution in [-0.2, 0) is 0 Å². The Balaban J connectivity index is 2.65. The summed E-state index contributed by atoms with van der Waals surface area (Å²) >= 11 is 1.53. The van der Waals surface area contributed by atoms with Crippen LogP contribution in [0.1, 0.15) is 0 Å². The fraction of sp³-hybridized carbons (Fsp3) is 0. The first kappa shape index (κ1) is 10.0. The summed E-state index contributed by atoms with van der Waals surface area (Å²) in [4.78, 5) is 0. The molecule has 0 atom stereocenters. The molecule has 5 heteroatoms. The lowest BCUT2D eigenvalue weighted by Gasteiger charge is -2.03. The summed E-state index contributed by atoms with van der Waals surface area (Å²) in [5.41, 5.74) is 12.3. The van der Waals surface area contributed by atoms with Crippen LogP contribution in [0.5, 0.6) is 11.5 Å². The Morgan fingerprint density at radius 2 is 1.18 bits per heavy atom. The summed E-state index contributed by atoms with van der Waals surface area (Å²) in [5.74, 6) is 0.0554. The van der Waals surface area contributed by atoms with Gasteiger partial charge in [-0.3, -0.25) is 0 Å². The third kappa shape index (κ3) is 1.23. The number of rotatable bonds is 0. The molecule has 3 rings (SSSR count). The van der Waals surface area contributed by atoms with Gasteiger partial charge in [-0.05, 0) is 24.3 Å². The monoisotopic (exact) mass is 246 g/mol. The molecule has 0 aliphatic rings. The molecule has 86 valence electrons. The van der Waals surface area contributed by atoms with Crippen molar-refractivity contribution >= 4 is 42.9 Å². The number of hydrogen-bond acceptors (Lipinski definition) is 5. The first-order valence-corrected chi connectivity index (χ1v) is 5.82. The second kappa shape index (κ2) is 3.18. The van der Waals surface area contributed by atoms with Crippen molar-refractivity contribution in [3.63, 3.8) is 0 Å². The van der Waals surface area contributed by atoms with Crippen molar-refractivity contribution in [2.75, 3.05) is 11.5 Å². The van der Waals surface area contributed by atoms with E-state index in [2.05, 4.69) is 0 Å². The summed E-state index contributed by atoms with van der Waals surface area (Å²) in [7, 11) is 0. The molecule has 0 saturated carbocycles. The summed E-state index contributed by atoms with van der Waals surface area (Å²) in [6.45, 7) is 0. The van der Waals surface area contributed by atoms with Gasteiger partial charge in [0.25, 0.3) is 0 Å². The Hall–Kier alpha value is -2.14. The first-order valence-electron chi connectivity index (χ1n) is 5.00. The minimum Gasteiger partial charge on any atom is -0.506 e. The predicted octanol–water partition coefficient (Wildman–Crippen LogP) is 2.63. The van der Waals surface area contributed by atoms with E-state index in [9.17, 15) is 10.2 Å². The molecule has 0 saturated heterocycles. The van der Waals surface area contributed by atoms with Crippen molar-refractivity contribution in [1.82, 2.24) is 0 Å². The molecule has 2 aromatic carbocycles. The summed E-state index contributed by atoms with van der Waals surface area (Å²) in [6.07, 6.45) is 0. The molecular weight excluding hydrogens is 236 g/mol. The molecule has 0 amide bonds. The van der Waals surface area contributed by atoms with Gasteiger partial charge in [-0.25, -0.2) is 0 Å². The second-order valence-electron chi connectivity index (χ2n) is 3.85. The number of phenolic OH excluding ortho intramolecular Hbond substituents is 2. The van der Waals surface area contributed by atoms with Crippen molar-refractivity contribution in [2.24, 2.45) is 0 Å².